The lowest BCUT2D eigenvalue weighted by molar-refractivity contribution is 0.0365. The number of rotatable bonds is 5. The maximum absolute atomic E-state index is 14.2. The van der Waals surface area contributed by atoms with Gasteiger partial charge in [-0.3, -0.25) is 9.69 Å². The first-order valence-corrected chi connectivity index (χ1v) is 11.3. The van der Waals surface area contributed by atoms with Gasteiger partial charge in [-0.1, -0.05) is 6.07 Å². The van der Waals surface area contributed by atoms with Crippen molar-refractivity contribution in [1.29, 1.82) is 0 Å². The van der Waals surface area contributed by atoms with Gasteiger partial charge < -0.3 is 14.6 Å². The number of benzene rings is 2. The number of fused-ring (bicyclic) bond motifs is 2. The number of halogens is 1. The van der Waals surface area contributed by atoms with E-state index in [0.29, 0.717) is 15.8 Å². The number of amides is 1. The number of carbonyl (C=O) groups is 1. The number of carbonyl (C=O) groups excluding carboxylic acids is 1. The van der Waals surface area contributed by atoms with Crippen molar-refractivity contribution >= 4 is 43.9 Å². The van der Waals surface area contributed by atoms with Crippen LogP contribution in [-0.4, -0.2) is 48.2 Å². The van der Waals surface area contributed by atoms with Crippen molar-refractivity contribution in [1.82, 2.24) is 9.47 Å². The van der Waals surface area contributed by atoms with Crippen molar-refractivity contribution in [2.45, 2.75) is 13.5 Å². The molecule has 1 amide bonds. The summed E-state index contributed by atoms with van der Waals surface area (Å²) < 4.78 is 22.6. The molecule has 1 saturated heterocycles. The maximum Gasteiger partial charge on any atom is 0.266 e. The van der Waals surface area contributed by atoms with E-state index in [1.807, 2.05) is 24.3 Å². The lowest BCUT2D eigenvalue weighted by Gasteiger charge is -2.26. The van der Waals surface area contributed by atoms with Crippen molar-refractivity contribution in [2.24, 2.45) is 0 Å². The second kappa shape index (κ2) is 8.42. The van der Waals surface area contributed by atoms with Crippen LogP contribution < -0.4 is 5.32 Å². The molecule has 0 aliphatic carbocycles. The topological polar surface area (TPSA) is 46.5 Å². The van der Waals surface area contributed by atoms with Crippen LogP contribution in [0, 0.1) is 12.7 Å². The summed E-state index contributed by atoms with van der Waals surface area (Å²) in [5.41, 5.74) is 2.57. The third-order valence-corrected chi connectivity index (χ3v) is 7.15. The fourth-order valence-corrected chi connectivity index (χ4v) is 5.32. The van der Waals surface area contributed by atoms with E-state index >= 15 is 0 Å². The van der Waals surface area contributed by atoms with E-state index in [1.165, 1.54) is 17.4 Å². The van der Waals surface area contributed by atoms with Gasteiger partial charge in [0.1, 0.15) is 5.82 Å². The molecule has 1 N–H and O–H groups in total. The van der Waals surface area contributed by atoms with Crippen molar-refractivity contribution in [3.05, 3.63) is 64.9 Å². The summed E-state index contributed by atoms with van der Waals surface area (Å²) in [4.78, 5) is 15.9. The summed E-state index contributed by atoms with van der Waals surface area (Å²) in [5, 5.41) is 4.60. The van der Waals surface area contributed by atoms with Gasteiger partial charge in [0.2, 0.25) is 0 Å². The number of ether oxygens (including phenoxy) is 1. The molecular formula is C24H24FN3O2S. The predicted octanol–water partition coefficient (Wildman–Crippen LogP) is 4.89. The summed E-state index contributed by atoms with van der Waals surface area (Å²) in [7, 11) is 0. The van der Waals surface area contributed by atoms with Gasteiger partial charge in [0.25, 0.3) is 5.91 Å². The summed E-state index contributed by atoms with van der Waals surface area (Å²) in [6.45, 7) is 7.29. The fraction of sp³-hybridized carbons (Fsp3) is 0.292. The molecule has 4 aromatic rings. The molecule has 5 rings (SSSR count). The molecule has 0 spiro atoms. The van der Waals surface area contributed by atoms with Crippen LogP contribution in [0.2, 0.25) is 0 Å². The highest BCUT2D eigenvalue weighted by molar-refractivity contribution is 7.21. The Morgan fingerprint density at radius 1 is 1.16 bits per heavy atom. The monoisotopic (exact) mass is 437 g/mol. The van der Waals surface area contributed by atoms with Gasteiger partial charge in [-0.25, -0.2) is 4.39 Å². The minimum absolute atomic E-state index is 0.204. The Labute approximate surface area is 184 Å². The van der Waals surface area contributed by atoms with Gasteiger partial charge in [-0.05, 0) is 48.9 Å². The van der Waals surface area contributed by atoms with Crippen LogP contribution >= 0.6 is 11.3 Å². The number of thiophene rings is 1. The van der Waals surface area contributed by atoms with E-state index in [1.54, 1.807) is 13.0 Å². The van der Waals surface area contributed by atoms with Crippen LogP contribution in [0.15, 0.2) is 48.7 Å². The number of nitrogens with one attached hydrogen (secondary N) is 1. The van der Waals surface area contributed by atoms with Gasteiger partial charge >= 0.3 is 0 Å². The van der Waals surface area contributed by atoms with Crippen LogP contribution in [0.4, 0.5) is 10.1 Å². The SMILES string of the molecule is Cc1c(C(=O)Nc2ccc3c(ccn3CCN3CCOCC3)c2)sc2cccc(F)c12. The fourth-order valence-electron chi connectivity index (χ4n) is 4.20. The van der Waals surface area contributed by atoms with E-state index in [4.69, 9.17) is 4.74 Å². The van der Waals surface area contributed by atoms with E-state index in [2.05, 4.69) is 27.0 Å². The standard InChI is InChI=1S/C24H24FN3O2S/c1-16-22-19(25)3-2-4-21(22)31-23(16)24(29)26-18-5-6-20-17(15-18)7-8-28(20)10-9-27-11-13-30-14-12-27/h2-8,15H,9-14H2,1H3,(H,26,29). The summed E-state index contributed by atoms with van der Waals surface area (Å²) >= 11 is 1.32. The first kappa shape index (κ1) is 20.2. The Morgan fingerprint density at radius 3 is 2.81 bits per heavy atom. The third-order valence-electron chi connectivity index (χ3n) is 5.90. The minimum Gasteiger partial charge on any atom is -0.379 e. The average molecular weight is 438 g/mol. The van der Waals surface area contributed by atoms with Crippen LogP contribution in [-0.2, 0) is 11.3 Å². The Morgan fingerprint density at radius 2 is 2.00 bits per heavy atom. The average Bonchev–Trinajstić information content (AvgIpc) is 3.34. The number of aromatic nitrogens is 1. The molecule has 1 aliphatic heterocycles. The Hall–Kier alpha value is -2.74. The third kappa shape index (κ3) is 3.96. The van der Waals surface area contributed by atoms with Gasteiger partial charge in [0.05, 0.1) is 18.1 Å². The normalized spacial score (nSPS) is 15.0. The lowest BCUT2D eigenvalue weighted by atomic mass is 10.1. The Kier molecular flexibility index (Phi) is 5.48. The molecule has 0 saturated carbocycles. The van der Waals surface area contributed by atoms with Crippen molar-refractivity contribution in [2.75, 3.05) is 38.2 Å². The van der Waals surface area contributed by atoms with E-state index < -0.39 is 0 Å². The lowest BCUT2D eigenvalue weighted by Crippen LogP contribution is -2.38. The van der Waals surface area contributed by atoms with E-state index in [9.17, 15) is 9.18 Å². The molecule has 31 heavy (non-hydrogen) atoms. The minimum atomic E-state index is -0.287. The van der Waals surface area contributed by atoms with Crippen molar-refractivity contribution in [3.8, 4) is 0 Å². The Bertz CT molecular complexity index is 1260. The molecule has 1 fully saturated rings. The number of hydrogen-bond donors (Lipinski definition) is 1. The zero-order chi connectivity index (χ0) is 21.4. The quantitative estimate of drug-likeness (QED) is 0.484. The number of aryl methyl sites for hydroxylation is 1. The van der Waals surface area contributed by atoms with Crippen LogP contribution in [0.5, 0.6) is 0 Å². The van der Waals surface area contributed by atoms with Crippen molar-refractivity contribution < 1.29 is 13.9 Å². The second-order valence-electron chi connectivity index (χ2n) is 7.86. The van der Waals surface area contributed by atoms with Gasteiger partial charge in [-0.15, -0.1) is 11.3 Å². The largest absolute Gasteiger partial charge is 0.379 e. The molecule has 7 heteroatoms. The first-order valence-electron chi connectivity index (χ1n) is 10.5. The molecule has 2 aromatic carbocycles. The summed E-state index contributed by atoms with van der Waals surface area (Å²) in [6.07, 6.45) is 2.09. The van der Waals surface area contributed by atoms with Crippen molar-refractivity contribution in [3.63, 3.8) is 0 Å². The highest BCUT2D eigenvalue weighted by atomic mass is 32.1. The maximum atomic E-state index is 14.2. The van der Waals surface area contributed by atoms with Crippen LogP contribution in [0.1, 0.15) is 15.2 Å². The predicted molar refractivity (Wildman–Crippen MR) is 124 cm³/mol. The highest BCUT2D eigenvalue weighted by Crippen LogP contribution is 2.33. The van der Waals surface area contributed by atoms with E-state index in [-0.39, 0.29) is 11.7 Å². The number of hydrogen-bond acceptors (Lipinski definition) is 4. The molecule has 0 unspecified atom stereocenters. The van der Waals surface area contributed by atoms with Gasteiger partial charge in [0.15, 0.2) is 0 Å². The molecule has 0 bridgehead atoms. The molecule has 0 atom stereocenters. The van der Waals surface area contributed by atoms with E-state index in [0.717, 1.165) is 60.7 Å². The Balaban J connectivity index is 1.32. The zero-order valence-electron chi connectivity index (χ0n) is 17.4. The summed E-state index contributed by atoms with van der Waals surface area (Å²) in [5.74, 6) is -0.491. The number of anilines is 1. The van der Waals surface area contributed by atoms with Gasteiger partial charge in [-0.2, -0.15) is 0 Å². The zero-order valence-corrected chi connectivity index (χ0v) is 18.2. The first-order chi connectivity index (χ1) is 15.1. The smallest absolute Gasteiger partial charge is 0.266 e. The molecule has 2 aromatic heterocycles. The number of morpholine rings is 1. The van der Waals surface area contributed by atoms with Crippen LogP contribution in [0.3, 0.4) is 0 Å². The number of nitrogens with zero attached hydrogens (tertiary/aromatic N) is 2. The molecule has 1 aliphatic rings. The molecule has 3 heterocycles. The molecule has 160 valence electrons. The molecule has 5 nitrogen and oxygen atoms in total. The molecular weight excluding hydrogens is 413 g/mol. The highest BCUT2D eigenvalue weighted by Gasteiger charge is 2.18. The summed E-state index contributed by atoms with van der Waals surface area (Å²) in [6, 6.07) is 13.0. The molecule has 0 radical (unpaired) electrons. The van der Waals surface area contributed by atoms with Gasteiger partial charge in [0, 0.05) is 59.1 Å². The van der Waals surface area contributed by atoms with Crippen LogP contribution in [0.25, 0.3) is 21.0 Å². The second-order valence-corrected chi connectivity index (χ2v) is 8.91.